The van der Waals surface area contributed by atoms with Crippen LogP contribution < -0.4 is 0 Å². The van der Waals surface area contributed by atoms with Crippen molar-refractivity contribution in [2.45, 2.75) is 12.3 Å². The number of rotatable bonds is 3. The van der Waals surface area contributed by atoms with Crippen LogP contribution in [-0.4, -0.2) is 22.3 Å². The van der Waals surface area contributed by atoms with Crippen molar-refractivity contribution >= 4 is 21.9 Å². The van der Waals surface area contributed by atoms with Crippen LogP contribution in [0.1, 0.15) is 6.42 Å². The van der Waals surface area contributed by atoms with Crippen molar-refractivity contribution in [3.8, 4) is 0 Å². The van der Waals surface area contributed by atoms with Crippen LogP contribution in [-0.2, 0) is 4.79 Å². The fourth-order valence-electron chi connectivity index (χ4n) is 0.268. The summed E-state index contributed by atoms with van der Waals surface area (Å²) < 4.78 is 24.0. The fraction of sp³-hybridized carbons (Fsp3) is 0.750. The van der Waals surface area contributed by atoms with E-state index in [9.17, 15) is 13.6 Å². The van der Waals surface area contributed by atoms with E-state index in [1.807, 2.05) is 0 Å². The molecule has 0 aliphatic heterocycles. The lowest BCUT2D eigenvalue weighted by Gasteiger charge is -2.07. The molecule has 0 aromatic rings. The predicted molar refractivity (Wildman–Crippen MR) is 31.0 cm³/mol. The number of carbonyl (C=O) groups is 1. The highest BCUT2D eigenvalue weighted by atomic mass is 79.9. The molecule has 0 unspecified atom stereocenters. The van der Waals surface area contributed by atoms with Gasteiger partial charge in [-0.15, -0.1) is 0 Å². The summed E-state index contributed by atoms with van der Waals surface area (Å²) in [5.74, 6) is -4.61. The molecule has 0 spiro atoms. The van der Waals surface area contributed by atoms with Gasteiger partial charge < -0.3 is 5.11 Å². The Morgan fingerprint density at radius 2 is 2.11 bits per heavy atom. The summed E-state index contributed by atoms with van der Waals surface area (Å²) in [7, 11) is 0. The average molecular weight is 203 g/mol. The summed E-state index contributed by atoms with van der Waals surface area (Å²) in [6.45, 7) is 0. The zero-order valence-electron chi connectivity index (χ0n) is 4.40. The summed E-state index contributed by atoms with van der Waals surface area (Å²) in [6, 6.07) is 0. The first-order chi connectivity index (χ1) is 3.98. The second-order valence-electron chi connectivity index (χ2n) is 1.56. The molecule has 0 heterocycles. The van der Waals surface area contributed by atoms with Gasteiger partial charge in [0.1, 0.15) is 6.42 Å². The molecule has 9 heavy (non-hydrogen) atoms. The van der Waals surface area contributed by atoms with Crippen LogP contribution in [0.15, 0.2) is 0 Å². The van der Waals surface area contributed by atoms with E-state index in [0.717, 1.165) is 0 Å². The van der Waals surface area contributed by atoms with Crippen LogP contribution in [0.3, 0.4) is 0 Å². The Balaban J connectivity index is 3.71. The summed E-state index contributed by atoms with van der Waals surface area (Å²) in [4.78, 5) is 9.67. The molecule has 2 nitrogen and oxygen atoms in total. The lowest BCUT2D eigenvalue weighted by Crippen LogP contribution is -2.22. The molecule has 0 amide bonds. The zero-order valence-corrected chi connectivity index (χ0v) is 5.99. The van der Waals surface area contributed by atoms with Crippen molar-refractivity contribution in [2.75, 3.05) is 5.33 Å². The van der Waals surface area contributed by atoms with Gasteiger partial charge in [0.05, 0.1) is 5.33 Å². The van der Waals surface area contributed by atoms with Gasteiger partial charge in [-0.1, -0.05) is 15.9 Å². The molecule has 0 aromatic carbocycles. The van der Waals surface area contributed by atoms with E-state index in [0.29, 0.717) is 0 Å². The molecule has 1 N–H and O–H groups in total. The molecule has 54 valence electrons. The average Bonchev–Trinajstić information content (AvgIpc) is 1.63. The molecule has 0 aromatic heterocycles. The Morgan fingerprint density at radius 1 is 1.67 bits per heavy atom. The standard InChI is InChI=1S/C4H5BrF2O2/c5-2-4(6,7)1-3(8)9/h1-2H2,(H,8,9). The van der Waals surface area contributed by atoms with Crippen molar-refractivity contribution in [1.82, 2.24) is 0 Å². The molecule has 0 saturated carbocycles. The highest BCUT2D eigenvalue weighted by molar-refractivity contribution is 9.09. The van der Waals surface area contributed by atoms with Gasteiger partial charge in [-0.05, 0) is 0 Å². The van der Waals surface area contributed by atoms with E-state index >= 15 is 0 Å². The first-order valence-electron chi connectivity index (χ1n) is 2.13. The van der Waals surface area contributed by atoms with Crippen molar-refractivity contribution in [2.24, 2.45) is 0 Å². The van der Waals surface area contributed by atoms with Gasteiger partial charge in [-0.2, -0.15) is 0 Å². The summed E-state index contributed by atoms with van der Waals surface area (Å²) in [5.41, 5.74) is 0. The van der Waals surface area contributed by atoms with Gasteiger partial charge in [0.15, 0.2) is 0 Å². The van der Waals surface area contributed by atoms with Gasteiger partial charge >= 0.3 is 5.97 Å². The monoisotopic (exact) mass is 202 g/mol. The second-order valence-corrected chi connectivity index (χ2v) is 2.12. The first-order valence-corrected chi connectivity index (χ1v) is 3.26. The fourth-order valence-corrected chi connectivity index (χ4v) is 0.467. The molecule has 0 radical (unpaired) electrons. The molecule has 0 fully saturated rings. The number of aliphatic carboxylic acids is 1. The summed E-state index contributed by atoms with van der Waals surface area (Å²) in [5, 5.41) is 7.27. The minimum absolute atomic E-state index is 0.605. The van der Waals surface area contributed by atoms with E-state index in [1.54, 1.807) is 0 Å². The van der Waals surface area contributed by atoms with Crippen LogP contribution in [0.4, 0.5) is 8.78 Å². The van der Waals surface area contributed by atoms with E-state index in [1.165, 1.54) is 0 Å². The normalized spacial score (nSPS) is 11.4. The van der Waals surface area contributed by atoms with E-state index in [4.69, 9.17) is 5.11 Å². The molecular formula is C4H5BrF2O2. The van der Waals surface area contributed by atoms with Gasteiger partial charge in [0.25, 0.3) is 5.92 Å². The Kier molecular flexibility index (Phi) is 3.03. The lowest BCUT2D eigenvalue weighted by atomic mass is 10.3. The zero-order chi connectivity index (χ0) is 7.49. The highest BCUT2D eigenvalue weighted by Gasteiger charge is 2.30. The molecule has 0 aliphatic rings. The third kappa shape index (κ3) is 4.32. The largest absolute Gasteiger partial charge is 0.481 e. The van der Waals surface area contributed by atoms with Gasteiger partial charge in [-0.25, -0.2) is 8.78 Å². The summed E-state index contributed by atoms with van der Waals surface area (Å²) >= 11 is 2.49. The number of carboxylic acid groups (broad SMARTS) is 1. The molecule has 0 bridgehead atoms. The first kappa shape index (κ1) is 8.81. The maximum atomic E-state index is 12.0. The number of carboxylic acids is 1. The minimum Gasteiger partial charge on any atom is -0.481 e. The molecule has 0 saturated heterocycles. The molecule has 0 atom stereocenters. The van der Waals surface area contributed by atoms with E-state index in [-0.39, 0.29) is 0 Å². The Bertz CT molecular complexity index is 115. The molecule has 0 rings (SSSR count). The van der Waals surface area contributed by atoms with Gasteiger partial charge in [0.2, 0.25) is 0 Å². The van der Waals surface area contributed by atoms with Crippen LogP contribution in [0, 0.1) is 0 Å². The Labute approximate surface area is 59.0 Å². The number of hydrogen-bond donors (Lipinski definition) is 1. The van der Waals surface area contributed by atoms with Crippen LogP contribution in [0.25, 0.3) is 0 Å². The van der Waals surface area contributed by atoms with Crippen molar-refractivity contribution in [3.63, 3.8) is 0 Å². The van der Waals surface area contributed by atoms with Crippen molar-refractivity contribution in [3.05, 3.63) is 0 Å². The van der Waals surface area contributed by atoms with Crippen LogP contribution in [0.5, 0.6) is 0 Å². The minimum atomic E-state index is -3.12. The number of hydrogen-bond acceptors (Lipinski definition) is 1. The highest BCUT2D eigenvalue weighted by Crippen LogP contribution is 2.20. The lowest BCUT2D eigenvalue weighted by molar-refractivity contribution is -0.143. The maximum absolute atomic E-state index is 12.0. The quantitative estimate of drug-likeness (QED) is 0.705. The summed E-state index contributed by atoms with van der Waals surface area (Å²) in [6.07, 6.45) is -1.11. The number of alkyl halides is 3. The predicted octanol–water partition coefficient (Wildman–Crippen LogP) is 1.49. The van der Waals surface area contributed by atoms with E-state index < -0.39 is 23.6 Å². The SMILES string of the molecule is O=C(O)CC(F)(F)CBr. The number of halogens is 3. The second kappa shape index (κ2) is 3.10. The topological polar surface area (TPSA) is 37.3 Å². The van der Waals surface area contributed by atoms with Gasteiger partial charge in [0, 0.05) is 0 Å². The van der Waals surface area contributed by atoms with Crippen LogP contribution in [0.2, 0.25) is 0 Å². The molecule has 5 heteroatoms. The van der Waals surface area contributed by atoms with Crippen molar-refractivity contribution in [1.29, 1.82) is 0 Å². The smallest absolute Gasteiger partial charge is 0.309 e. The third-order valence-electron chi connectivity index (χ3n) is 0.605. The molecule has 0 aliphatic carbocycles. The van der Waals surface area contributed by atoms with E-state index in [2.05, 4.69) is 15.9 Å². The molecular weight excluding hydrogens is 198 g/mol. The maximum Gasteiger partial charge on any atom is 0.309 e. The van der Waals surface area contributed by atoms with Crippen LogP contribution >= 0.6 is 15.9 Å². The van der Waals surface area contributed by atoms with Gasteiger partial charge in [-0.3, -0.25) is 4.79 Å². The third-order valence-corrected chi connectivity index (χ3v) is 1.43. The Morgan fingerprint density at radius 3 is 2.22 bits per heavy atom. The Hall–Kier alpha value is -0.190. The van der Waals surface area contributed by atoms with Crippen molar-refractivity contribution < 1.29 is 18.7 Å².